The molecule has 6 heteroatoms. The molecule has 102 valence electrons. The van der Waals surface area contributed by atoms with Gasteiger partial charge in [-0.3, -0.25) is 9.59 Å². The molecule has 0 bridgehead atoms. The average molecular weight is 269 g/mol. The summed E-state index contributed by atoms with van der Waals surface area (Å²) < 4.78 is 30.8. The summed E-state index contributed by atoms with van der Waals surface area (Å²) in [6, 6.07) is 3.38. The number of esters is 1. The van der Waals surface area contributed by atoms with Gasteiger partial charge in [-0.25, -0.2) is 8.78 Å². The average Bonchev–Trinajstić information content (AvgIpc) is 2.75. The van der Waals surface area contributed by atoms with Crippen LogP contribution in [0.25, 0.3) is 0 Å². The first kappa shape index (κ1) is 13.5. The number of nitrogens with zero attached hydrogens (tertiary/aromatic N) is 1. The SMILES string of the molecule is CCOC(=O)C1CN(c2ccc(F)c(F)c2)CC1=O. The largest absolute Gasteiger partial charge is 0.465 e. The number of hydrogen-bond donors (Lipinski definition) is 0. The van der Waals surface area contributed by atoms with Crippen molar-refractivity contribution in [3.63, 3.8) is 0 Å². The van der Waals surface area contributed by atoms with Gasteiger partial charge in [0.05, 0.1) is 13.2 Å². The molecule has 0 aliphatic carbocycles. The van der Waals surface area contributed by atoms with Gasteiger partial charge in [-0.2, -0.15) is 0 Å². The summed E-state index contributed by atoms with van der Waals surface area (Å²) in [6.45, 7) is 1.98. The monoisotopic (exact) mass is 269 g/mol. The van der Waals surface area contributed by atoms with Gasteiger partial charge in [0.2, 0.25) is 0 Å². The van der Waals surface area contributed by atoms with E-state index in [1.54, 1.807) is 6.92 Å². The van der Waals surface area contributed by atoms with Crippen LogP contribution in [0.2, 0.25) is 0 Å². The highest BCUT2D eigenvalue weighted by atomic mass is 19.2. The van der Waals surface area contributed by atoms with Crippen molar-refractivity contribution in [2.45, 2.75) is 6.92 Å². The number of halogens is 2. The van der Waals surface area contributed by atoms with E-state index in [9.17, 15) is 18.4 Å². The molecule has 1 atom stereocenters. The lowest BCUT2D eigenvalue weighted by Gasteiger charge is -2.17. The quantitative estimate of drug-likeness (QED) is 0.616. The summed E-state index contributed by atoms with van der Waals surface area (Å²) in [6.07, 6.45) is 0. The fourth-order valence-corrected chi connectivity index (χ4v) is 2.01. The minimum atomic E-state index is -0.982. The van der Waals surface area contributed by atoms with E-state index in [-0.39, 0.29) is 25.5 Å². The molecule has 1 aliphatic heterocycles. The Bertz CT molecular complexity index is 519. The van der Waals surface area contributed by atoms with E-state index in [1.165, 1.54) is 11.0 Å². The molecule has 1 aromatic rings. The summed E-state index contributed by atoms with van der Waals surface area (Å²) in [5.74, 6) is -3.63. The Morgan fingerprint density at radius 1 is 1.42 bits per heavy atom. The second-order valence-corrected chi connectivity index (χ2v) is 4.25. The van der Waals surface area contributed by atoms with Gasteiger partial charge in [0.25, 0.3) is 0 Å². The Hall–Kier alpha value is -1.98. The van der Waals surface area contributed by atoms with E-state index in [4.69, 9.17) is 4.74 Å². The smallest absolute Gasteiger partial charge is 0.318 e. The zero-order chi connectivity index (χ0) is 14.0. The normalized spacial score (nSPS) is 18.8. The van der Waals surface area contributed by atoms with Gasteiger partial charge in [-0.05, 0) is 19.1 Å². The van der Waals surface area contributed by atoms with Gasteiger partial charge in [0.1, 0.15) is 5.92 Å². The van der Waals surface area contributed by atoms with Crippen LogP contribution in [0.4, 0.5) is 14.5 Å². The van der Waals surface area contributed by atoms with Crippen LogP contribution < -0.4 is 4.90 Å². The van der Waals surface area contributed by atoms with Crippen LogP contribution in [0.15, 0.2) is 18.2 Å². The van der Waals surface area contributed by atoms with Gasteiger partial charge < -0.3 is 9.64 Å². The molecule has 1 heterocycles. The molecular formula is C13H13F2NO3. The molecule has 0 aromatic heterocycles. The van der Waals surface area contributed by atoms with Crippen molar-refractivity contribution in [1.29, 1.82) is 0 Å². The Morgan fingerprint density at radius 2 is 2.16 bits per heavy atom. The molecule has 1 saturated heterocycles. The van der Waals surface area contributed by atoms with E-state index in [1.807, 2.05) is 0 Å². The Kier molecular flexibility index (Phi) is 3.78. The fraction of sp³-hybridized carbons (Fsp3) is 0.385. The highest BCUT2D eigenvalue weighted by molar-refractivity contribution is 6.04. The number of benzene rings is 1. The van der Waals surface area contributed by atoms with Crippen LogP contribution >= 0.6 is 0 Å². The van der Waals surface area contributed by atoms with E-state index >= 15 is 0 Å². The molecule has 0 N–H and O–H groups in total. The maximum absolute atomic E-state index is 13.1. The number of ether oxygens (including phenoxy) is 1. The molecule has 0 saturated carbocycles. The summed E-state index contributed by atoms with van der Waals surface area (Å²) in [7, 11) is 0. The molecule has 0 spiro atoms. The Labute approximate surface area is 109 Å². The lowest BCUT2D eigenvalue weighted by atomic mass is 10.1. The molecule has 19 heavy (non-hydrogen) atoms. The molecule has 4 nitrogen and oxygen atoms in total. The van der Waals surface area contributed by atoms with Gasteiger partial charge in [-0.15, -0.1) is 0 Å². The van der Waals surface area contributed by atoms with Crippen molar-refractivity contribution in [3.05, 3.63) is 29.8 Å². The number of hydrogen-bond acceptors (Lipinski definition) is 4. The van der Waals surface area contributed by atoms with Crippen LogP contribution in [0.3, 0.4) is 0 Å². The minimum absolute atomic E-state index is 0.00540. The Morgan fingerprint density at radius 3 is 2.79 bits per heavy atom. The number of anilines is 1. The van der Waals surface area contributed by atoms with Gasteiger partial charge in [0.15, 0.2) is 17.4 Å². The zero-order valence-corrected chi connectivity index (χ0v) is 10.4. The van der Waals surface area contributed by atoms with Crippen LogP contribution in [0.1, 0.15) is 6.92 Å². The molecule has 1 aliphatic rings. The van der Waals surface area contributed by atoms with Crippen molar-refractivity contribution < 1.29 is 23.1 Å². The molecular weight excluding hydrogens is 256 g/mol. The second-order valence-electron chi connectivity index (χ2n) is 4.25. The third-order valence-corrected chi connectivity index (χ3v) is 2.98. The second kappa shape index (κ2) is 5.34. The molecule has 0 amide bonds. The first-order valence-corrected chi connectivity index (χ1v) is 5.92. The maximum Gasteiger partial charge on any atom is 0.318 e. The standard InChI is InChI=1S/C13H13F2NO3/c1-2-19-13(18)9-6-16(7-12(9)17)8-3-4-10(14)11(15)5-8/h3-5,9H,2,6-7H2,1H3. The number of Topliss-reactive ketones (excluding diaryl/α,β-unsaturated/α-hetero) is 1. The predicted molar refractivity (Wildman–Crippen MR) is 63.7 cm³/mol. The van der Waals surface area contributed by atoms with Gasteiger partial charge >= 0.3 is 5.97 Å². The van der Waals surface area contributed by atoms with Crippen LogP contribution in [-0.4, -0.2) is 31.4 Å². The number of carbonyl (C=O) groups is 2. The first-order valence-electron chi connectivity index (χ1n) is 5.92. The van der Waals surface area contributed by atoms with Crippen LogP contribution in [0, 0.1) is 17.6 Å². The first-order chi connectivity index (χ1) is 9.02. The third-order valence-electron chi connectivity index (χ3n) is 2.98. The topological polar surface area (TPSA) is 46.6 Å². The summed E-state index contributed by atoms with van der Waals surface area (Å²) in [5, 5.41) is 0. The maximum atomic E-state index is 13.1. The highest BCUT2D eigenvalue weighted by Crippen LogP contribution is 2.24. The number of ketones is 1. The molecule has 1 unspecified atom stereocenters. The number of carbonyl (C=O) groups excluding carboxylic acids is 2. The van der Waals surface area contributed by atoms with Crippen molar-refractivity contribution in [2.24, 2.45) is 5.92 Å². The third kappa shape index (κ3) is 2.72. The van der Waals surface area contributed by atoms with Crippen molar-refractivity contribution in [2.75, 3.05) is 24.6 Å². The Balaban J connectivity index is 2.14. The molecule has 1 aromatic carbocycles. The lowest BCUT2D eigenvalue weighted by molar-refractivity contribution is -0.149. The minimum Gasteiger partial charge on any atom is -0.465 e. The summed E-state index contributed by atoms with van der Waals surface area (Å²) in [5.41, 5.74) is 0.374. The van der Waals surface area contributed by atoms with Crippen molar-refractivity contribution in [3.8, 4) is 0 Å². The van der Waals surface area contributed by atoms with E-state index in [2.05, 4.69) is 0 Å². The van der Waals surface area contributed by atoms with Crippen LogP contribution in [0.5, 0.6) is 0 Å². The molecule has 1 fully saturated rings. The van der Waals surface area contributed by atoms with Crippen molar-refractivity contribution in [1.82, 2.24) is 0 Å². The van der Waals surface area contributed by atoms with Gasteiger partial charge in [-0.1, -0.05) is 0 Å². The number of rotatable bonds is 3. The summed E-state index contributed by atoms with van der Waals surface area (Å²) >= 11 is 0. The predicted octanol–water partition coefficient (Wildman–Crippen LogP) is 1.53. The van der Waals surface area contributed by atoms with E-state index in [0.29, 0.717) is 5.69 Å². The van der Waals surface area contributed by atoms with Crippen molar-refractivity contribution >= 4 is 17.4 Å². The highest BCUT2D eigenvalue weighted by Gasteiger charge is 2.37. The van der Waals surface area contributed by atoms with E-state index in [0.717, 1.165) is 12.1 Å². The van der Waals surface area contributed by atoms with Crippen LogP contribution in [-0.2, 0) is 14.3 Å². The summed E-state index contributed by atoms with van der Waals surface area (Å²) in [4.78, 5) is 24.8. The molecule has 0 radical (unpaired) electrons. The molecule has 2 rings (SSSR count). The van der Waals surface area contributed by atoms with E-state index < -0.39 is 23.5 Å². The zero-order valence-electron chi connectivity index (χ0n) is 10.4. The van der Waals surface area contributed by atoms with Gasteiger partial charge in [0, 0.05) is 18.3 Å². The lowest BCUT2D eigenvalue weighted by Crippen LogP contribution is -2.25. The fourth-order valence-electron chi connectivity index (χ4n) is 2.01.